The molecular weight excluding hydrogens is 637 g/mol. The van der Waals surface area contributed by atoms with Crippen molar-refractivity contribution in [1.29, 1.82) is 0 Å². The summed E-state index contributed by atoms with van der Waals surface area (Å²) in [5.74, 6) is -2.72. The second kappa shape index (κ2) is 11.7. The summed E-state index contributed by atoms with van der Waals surface area (Å²) in [6, 6.07) is 9.98. The predicted octanol–water partition coefficient (Wildman–Crippen LogP) is 4.97. The molecule has 0 saturated heterocycles. The van der Waals surface area contributed by atoms with Crippen LogP contribution in [-0.4, -0.2) is 40.5 Å². The van der Waals surface area contributed by atoms with Crippen molar-refractivity contribution in [3.05, 3.63) is 125 Å². The van der Waals surface area contributed by atoms with E-state index in [2.05, 4.69) is 20.5 Å². The summed E-state index contributed by atoms with van der Waals surface area (Å²) in [4.78, 5) is 11.4. The van der Waals surface area contributed by atoms with Gasteiger partial charge in [-0.1, -0.05) is 22.9 Å². The third-order valence-electron chi connectivity index (χ3n) is 7.09. The van der Waals surface area contributed by atoms with Crippen LogP contribution in [0.1, 0.15) is 27.8 Å². The highest BCUT2D eigenvalue weighted by Gasteiger charge is 2.35. The molecule has 0 saturated carbocycles. The van der Waals surface area contributed by atoms with Crippen LogP contribution in [0.2, 0.25) is 5.02 Å². The SMILES string of the molecule is NC(=O)c1ccc(-c2cnn(C(Cn3cccn3)c3ccc(-c4c(-n5cc(C(F)(F)F)nn5)ccc(Cl)c4F)c[n+]3[O-])c2)cc1F. The van der Waals surface area contributed by atoms with Gasteiger partial charge in [-0.2, -0.15) is 28.1 Å². The normalized spacial score (nSPS) is 12.4. The smallest absolute Gasteiger partial charge is 0.436 e. The first kappa shape index (κ1) is 30.4. The van der Waals surface area contributed by atoms with Crippen molar-refractivity contribution >= 4 is 17.5 Å². The predicted molar refractivity (Wildman–Crippen MR) is 152 cm³/mol. The molecule has 0 fully saturated rings. The maximum absolute atomic E-state index is 15.4. The van der Waals surface area contributed by atoms with Gasteiger partial charge in [-0.25, -0.2) is 13.5 Å². The standard InChI is InChI=1S/C29H19ClF5N9O2/c30-20-5-7-23(43-15-25(39-40-43)29(33,34)35)26(27(20)32)17-3-6-22(44(46)13-17)24(14-41-9-1-8-37-41)42-12-18(11-38-42)16-2-4-19(28(36)45)21(31)10-16/h1-13,15,24H,14H2,(H2,36,45). The fourth-order valence-corrected chi connectivity index (χ4v) is 5.02. The maximum Gasteiger partial charge on any atom is 0.436 e. The fourth-order valence-electron chi connectivity index (χ4n) is 4.87. The maximum atomic E-state index is 15.4. The zero-order valence-corrected chi connectivity index (χ0v) is 23.9. The van der Waals surface area contributed by atoms with Crippen molar-refractivity contribution in [2.24, 2.45) is 5.73 Å². The number of carbonyl (C=O) groups is 1. The Morgan fingerprint density at radius 1 is 1.04 bits per heavy atom. The number of halogens is 6. The summed E-state index contributed by atoms with van der Waals surface area (Å²) in [6.45, 7) is 0.112. The van der Waals surface area contributed by atoms with E-state index in [1.165, 1.54) is 41.2 Å². The summed E-state index contributed by atoms with van der Waals surface area (Å²) in [6.07, 6.45) is 3.07. The van der Waals surface area contributed by atoms with E-state index < -0.39 is 35.5 Å². The number of hydrogen-bond acceptors (Lipinski definition) is 6. The van der Waals surface area contributed by atoms with Gasteiger partial charge in [-0.15, -0.1) is 5.10 Å². The number of hydrogen-bond donors (Lipinski definition) is 1. The molecule has 6 rings (SSSR count). The Hall–Kier alpha value is -5.64. The van der Waals surface area contributed by atoms with Crippen LogP contribution in [0.4, 0.5) is 22.0 Å². The van der Waals surface area contributed by atoms with E-state index in [4.69, 9.17) is 17.3 Å². The number of amides is 1. The number of benzene rings is 2. The highest BCUT2D eigenvalue weighted by atomic mass is 35.5. The molecule has 1 unspecified atom stereocenters. The average Bonchev–Trinajstić information content (AvgIpc) is 3.79. The molecule has 2 N–H and O–H groups in total. The molecule has 0 bridgehead atoms. The molecule has 4 aromatic heterocycles. The number of carbonyl (C=O) groups excluding carboxylic acids is 1. The molecule has 1 amide bonds. The molecule has 0 aliphatic heterocycles. The summed E-state index contributed by atoms with van der Waals surface area (Å²) >= 11 is 6.02. The van der Waals surface area contributed by atoms with Gasteiger partial charge >= 0.3 is 6.18 Å². The molecule has 6 aromatic rings. The Labute approximate surface area is 260 Å². The van der Waals surface area contributed by atoms with Crippen LogP contribution < -0.4 is 10.5 Å². The number of nitrogens with zero attached hydrogens (tertiary/aromatic N) is 8. The Kier molecular flexibility index (Phi) is 7.73. The number of rotatable bonds is 8. The van der Waals surface area contributed by atoms with E-state index >= 15 is 4.39 Å². The van der Waals surface area contributed by atoms with Gasteiger partial charge in [-0.05, 0) is 42.0 Å². The Morgan fingerprint density at radius 2 is 1.83 bits per heavy atom. The molecule has 0 radical (unpaired) electrons. The number of aromatic nitrogens is 8. The van der Waals surface area contributed by atoms with Crippen LogP contribution in [0.15, 0.2) is 85.7 Å². The fraction of sp³-hybridized carbons (Fsp3) is 0.103. The molecule has 1 atom stereocenters. The molecule has 0 aliphatic carbocycles. The lowest BCUT2D eigenvalue weighted by molar-refractivity contribution is -0.615. The zero-order valence-electron chi connectivity index (χ0n) is 23.1. The quantitative estimate of drug-likeness (QED) is 0.140. The van der Waals surface area contributed by atoms with Gasteiger partial charge in [0.2, 0.25) is 5.69 Å². The third-order valence-corrected chi connectivity index (χ3v) is 7.38. The van der Waals surface area contributed by atoms with Crippen LogP contribution in [0.5, 0.6) is 0 Å². The van der Waals surface area contributed by atoms with Gasteiger partial charge in [0, 0.05) is 30.2 Å². The molecule has 2 aromatic carbocycles. The molecule has 4 heterocycles. The van der Waals surface area contributed by atoms with Crippen molar-refractivity contribution in [2.75, 3.05) is 0 Å². The Bertz CT molecular complexity index is 2080. The molecule has 234 valence electrons. The van der Waals surface area contributed by atoms with E-state index in [1.54, 1.807) is 29.3 Å². The summed E-state index contributed by atoms with van der Waals surface area (Å²) in [5.41, 5.74) is 4.18. The van der Waals surface area contributed by atoms with Crippen LogP contribution in [-0.2, 0) is 12.7 Å². The van der Waals surface area contributed by atoms with Crippen molar-refractivity contribution in [3.8, 4) is 27.9 Å². The molecular formula is C29H19ClF5N9O2. The van der Waals surface area contributed by atoms with Crippen LogP contribution in [0, 0.1) is 16.8 Å². The number of nitrogens with two attached hydrogens (primary N) is 1. The van der Waals surface area contributed by atoms with Gasteiger partial charge in [0.05, 0.1) is 46.3 Å². The van der Waals surface area contributed by atoms with Gasteiger partial charge in [0.15, 0.2) is 23.7 Å². The minimum absolute atomic E-state index is 0.0122. The van der Waals surface area contributed by atoms with Gasteiger partial charge in [-0.3, -0.25) is 14.2 Å². The number of pyridine rings is 1. The average molecular weight is 656 g/mol. The summed E-state index contributed by atoms with van der Waals surface area (Å²) in [5, 5.41) is 28.4. The van der Waals surface area contributed by atoms with Crippen LogP contribution in [0.3, 0.4) is 0 Å². The lowest BCUT2D eigenvalue weighted by Crippen LogP contribution is -2.37. The van der Waals surface area contributed by atoms with E-state index in [0.29, 0.717) is 22.1 Å². The largest absolute Gasteiger partial charge is 0.618 e. The van der Waals surface area contributed by atoms with Crippen molar-refractivity contribution < 1.29 is 31.5 Å². The van der Waals surface area contributed by atoms with Gasteiger partial charge in [0.25, 0.3) is 5.91 Å². The van der Waals surface area contributed by atoms with Gasteiger partial charge < -0.3 is 10.9 Å². The van der Waals surface area contributed by atoms with E-state index in [-0.39, 0.29) is 39.6 Å². The number of alkyl halides is 3. The Morgan fingerprint density at radius 3 is 2.48 bits per heavy atom. The van der Waals surface area contributed by atoms with Crippen LogP contribution >= 0.6 is 11.6 Å². The van der Waals surface area contributed by atoms with Crippen molar-refractivity contribution in [3.63, 3.8) is 0 Å². The highest BCUT2D eigenvalue weighted by molar-refractivity contribution is 6.31. The van der Waals surface area contributed by atoms with E-state index in [0.717, 1.165) is 23.0 Å². The van der Waals surface area contributed by atoms with E-state index in [1.807, 2.05) is 0 Å². The highest BCUT2D eigenvalue weighted by Crippen LogP contribution is 2.35. The van der Waals surface area contributed by atoms with E-state index in [9.17, 15) is 27.6 Å². The molecule has 11 nitrogen and oxygen atoms in total. The molecule has 46 heavy (non-hydrogen) atoms. The molecule has 17 heteroatoms. The minimum atomic E-state index is -4.79. The van der Waals surface area contributed by atoms with Crippen molar-refractivity contribution in [2.45, 2.75) is 18.8 Å². The second-order valence-corrected chi connectivity index (χ2v) is 10.4. The second-order valence-electron chi connectivity index (χ2n) is 9.98. The topological polar surface area (TPSA) is 136 Å². The molecule has 0 aliphatic rings. The monoisotopic (exact) mass is 655 g/mol. The number of primary amides is 1. The lowest BCUT2D eigenvalue weighted by Gasteiger charge is -2.18. The Balaban J connectivity index is 1.41. The van der Waals surface area contributed by atoms with Crippen LogP contribution in [0.25, 0.3) is 27.9 Å². The first-order chi connectivity index (χ1) is 21.9. The molecule has 0 spiro atoms. The first-order valence-corrected chi connectivity index (χ1v) is 13.6. The lowest BCUT2D eigenvalue weighted by atomic mass is 10.0. The summed E-state index contributed by atoms with van der Waals surface area (Å²) in [7, 11) is 0. The first-order valence-electron chi connectivity index (χ1n) is 13.2. The van der Waals surface area contributed by atoms with Crippen molar-refractivity contribution in [1.82, 2.24) is 34.6 Å². The third kappa shape index (κ3) is 5.77. The zero-order chi connectivity index (χ0) is 32.7. The minimum Gasteiger partial charge on any atom is -0.618 e. The summed E-state index contributed by atoms with van der Waals surface area (Å²) < 4.78 is 73.7. The van der Waals surface area contributed by atoms with Gasteiger partial charge in [0.1, 0.15) is 5.82 Å².